The highest BCUT2D eigenvalue weighted by atomic mass is 16.3. The Morgan fingerprint density at radius 3 is 0.865 bits per heavy atom. The Morgan fingerprint density at radius 1 is 0.385 bits per heavy atom. The van der Waals surface area contributed by atoms with Gasteiger partial charge >= 0.3 is 0 Å². The van der Waals surface area contributed by atoms with E-state index in [1.54, 1.807) is 0 Å². The van der Waals surface area contributed by atoms with E-state index >= 15 is 0 Å². The maximum Gasteiger partial charge on any atom is 0.220 e. The Hall–Kier alpha value is -0.610. The van der Waals surface area contributed by atoms with E-state index < -0.39 is 12.1 Å². The van der Waals surface area contributed by atoms with Crippen LogP contribution in [0.25, 0.3) is 0 Å². The lowest BCUT2D eigenvalue weighted by Gasteiger charge is -2.22. The molecule has 0 rings (SSSR count). The van der Waals surface area contributed by atoms with Gasteiger partial charge in [-0.25, -0.2) is 0 Å². The van der Waals surface area contributed by atoms with Gasteiger partial charge in [-0.15, -0.1) is 0 Å². The molecule has 0 spiro atoms. The van der Waals surface area contributed by atoms with Crippen LogP contribution in [0.5, 0.6) is 0 Å². The summed E-state index contributed by atoms with van der Waals surface area (Å²) in [6, 6.07) is -0.529. The fourth-order valence-corrected chi connectivity index (χ4v) is 7.89. The minimum absolute atomic E-state index is 0.0246. The van der Waals surface area contributed by atoms with E-state index in [1.165, 1.54) is 231 Å². The van der Waals surface area contributed by atoms with Crippen molar-refractivity contribution in [3.8, 4) is 0 Å². The number of aliphatic hydroxyl groups is 2. The van der Waals surface area contributed by atoms with Crippen molar-refractivity contribution in [1.82, 2.24) is 5.32 Å². The Kier molecular flexibility index (Phi) is 44.3. The summed E-state index contributed by atoms with van der Waals surface area (Å²) < 4.78 is 0. The van der Waals surface area contributed by atoms with E-state index in [9.17, 15) is 15.0 Å². The number of amides is 1. The maximum atomic E-state index is 12.4. The van der Waals surface area contributed by atoms with Crippen molar-refractivity contribution in [2.24, 2.45) is 0 Å². The van der Waals surface area contributed by atoms with Crippen LogP contribution in [-0.4, -0.2) is 34.9 Å². The molecule has 2 atom stereocenters. The number of carbonyl (C=O) groups excluding carboxylic acids is 1. The number of unbranched alkanes of at least 4 members (excludes halogenated alkanes) is 38. The van der Waals surface area contributed by atoms with Crippen LogP contribution in [-0.2, 0) is 4.79 Å². The van der Waals surface area contributed by atoms with Crippen molar-refractivity contribution in [3.63, 3.8) is 0 Å². The Bertz CT molecular complexity index is 670. The second-order valence-corrected chi connectivity index (χ2v) is 16.9. The number of carbonyl (C=O) groups is 1. The molecule has 0 bridgehead atoms. The molecule has 0 saturated carbocycles. The summed E-state index contributed by atoms with van der Waals surface area (Å²) in [6.45, 7) is 4.39. The fourth-order valence-electron chi connectivity index (χ4n) is 7.89. The number of rotatable bonds is 45. The molecule has 0 aliphatic carbocycles. The molecule has 4 heteroatoms. The third kappa shape index (κ3) is 40.6. The van der Waals surface area contributed by atoms with Crippen LogP contribution in [0.4, 0.5) is 0 Å². The van der Waals surface area contributed by atoms with Crippen molar-refractivity contribution in [1.29, 1.82) is 0 Å². The van der Waals surface area contributed by atoms with Gasteiger partial charge in [-0.05, 0) is 12.8 Å². The Labute approximate surface area is 327 Å². The number of hydrogen-bond donors (Lipinski definition) is 3. The van der Waals surface area contributed by atoms with Crippen LogP contribution >= 0.6 is 0 Å². The van der Waals surface area contributed by atoms with Crippen molar-refractivity contribution in [2.75, 3.05) is 6.61 Å². The maximum absolute atomic E-state index is 12.4. The van der Waals surface area contributed by atoms with E-state index in [2.05, 4.69) is 19.2 Å². The van der Waals surface area contributed by atoms with Gasteiger partial charge in [0, 0.05) is 6.42 Å². The number of aliphatic hydroxyl groups excluding tert-OH is 2. The lowest BCUT2D eigenvalue weighted by molar-refractivity contribution is -0.123. The van der Waals surface area contributed by atoms with Gasteiger partial charge in [0.25, 0.3) is 0 Å². The first-order valence-electron chi connectivity index (χ1n) is 24.2. The third-order valence-electron chi connectivity index (χ3n) is 11.6. The summed E-state index contributed by atoms with van der Waals surface area (Å²) in [7, 11) is 0. The predicted octanol–water partition coefficient (Wildman–Crippen LogP) is 15.2. The molecule has 0 fully saturated rings. The highest BCUT2D eigenvalue weighted by Crippen LogP contribution is 2.17. The van der Waals surface area contributed by atoms with Crippen LogP contribution in [0, 0.1) is 0 Å². The SMILES string of the molecule is CCCCCCCCCCCCCCCCCCCCCCCCCCCCC(=O)NC(CO)C(O)CCCCCCCCCCCCCCCC. The monoisotopic (exact) mass is 736 g/mol. The summed E-state index contributed by atoms with van der Waals surface area (Å²) in [4.78, 5) is 12.4. The summed E-state index contributed by atoms with van der Waals surface area (Å²) in [5.74, 6) is -0.0246. The molecule has 0 heterocycles. The van der Waals surface area contributed by atoms with Crippen molar-refractivity contribution in [2.45, 2.75) is 296 Å². The number of nitrogens with one attached hydrogen (secondary N) is 1. The fraction of sp³-hybridized carbons (Fsp3) is 0.979. The third-order valence-corrected chi connectivity index (χ3v) is 11.6. The van der Waals surface area contributed by atoms with Gasteiger partial charge in [0.05, 0.1) is 18.8 Å². The quantitative estimate of drug-likeness (QED) is 0.0545. The topological polar surface area (TPSA) is 69.6 Å². The molecule has 0 aromatic heterocycles. The van der Waals surface area contributed by atoms with Crippen LogP contribution in [0.1, 0.15) is 284 Å². The summed E-state index contributed by atoms with van der Waals surface area (Å²) in [5.41, 5.74) is 0. The van der Waals surface area contributed by atoms with Crippen molar-refractivity contribution in [3.05, 3.63) is 0 Å². The lowest BCUT2D eigenvalue weighted by atomic mass is 10.0. The van der Waals surface area contributed by atoms with Crippen molar-refractivity contribution >= 4 is 5.91 Å². The molecule has 0 aliphatic heterocycles. The van der Waals surface area contributed by atoms with Gasteiger partial charge in [0.15, 0.2) is 0 Å². The zero-order valence-electron chi connectivity index (χ0n) is 35.9. The van der Waals surface area contributed by atoms with Gasteiger partial charge in [-0.1, -0.05) is 264 Å². The lowest BCUT2D eigenvalue weighted by Crippen LogP contribution is -2.45. The second-order valence-electron chi connectivity index (χ2n) is 16.9. The van der Waals surface area contributed by atoms with Gasteiger partial charge in [-0.2, -0.15) is 0 Å². The summed E-state index contributed by atoms with van der Waals surface area (Å²) >= 11 is 0. The highest BCUT2D eigenvalue weighted by molar-refractivity contribution is 5.76. The van der Waals surface area contributed by atoms with Crippen LogP contribution in [0.15, 0.2) is 0 Å². The Morgan fingerprint density at radius 2 is 0.615 bits per heavy atom. The normalized spacial score (nSPS) is 12.8. The first-order valence-corrected chi connectivity index (χ1v) is 24.2. The smallest absolute Gasteiger partial charge is 0.220 e. The van der Waals surface area contributed by atoms with E-state index in [-0.39, 0.29) is 12.5 Å². The molecular weight excluding hydrogens is 639 g/mol. The zero-order valence-corrected chi connectivity index (χ0v) is 35.9. The highest BCUT2D eigenvalue weighted by Gasteiger charge is 2.20. The average Bonchev–Trinajstić information content (AvgIpc) is 3.15. The van der Waals surface area contributed by atoms with Gasteiger partial charge in [0.1, 0.15) is 0 Å². The molecule has 0 aromatic carbocycles. The molecule has 0 saturated heterocycles. The molecular formula is C48H97NO3. The van der Waals surface area contributed by atoms with Gasteiger partial charge in [0.2, 0.25) is 5.91 Å². The molecule has 2 unspecified atom stereocenters. The van der Waals surface area contributed by atoms with E-state index in [4.69, 9.17) is 0 Å². The van der Waals surface area contributed by atoms with Crippen LogP contribution < -0.4 is 5.32 Å². The average molecular weight is 736 g/mol. The molecule has 1 amide bonds. The van der Waals surface area contributed by atoms with Crippen LogP contribution in [0.3, 0.4) is 0 Å². The minimum atomic E-state index is -0.653. The van der Waals surface area contributed by atoms with Gasteiger partial charge in [-0.3, -0.25) is 4.79 Å². The molecule has 0 aliphatic rings. The molecule has 3 N–H and O–H groups in total. The summed E-state index contributed by atoms with van der Waals surface area (Å²) in [5, 5.41) is 23.2. The van der Waals surface area contributed by atoms with Crippen molar-refractivity contribution < 1.29 is 15.0 Å². The Balaban J connectivity index is 3.40. The zero-order chi connectivity index (χ0) is 37.8. The van der Waals surface area contributed by atoms with E-state index in [1.807, 2.05) is 0 Å². The molecule has 52 heavy (non-hydrogen) atoms. The molecule has 4 nitrogen and oxygen atoms in total. The van der Waals surface area contributed by atoms with Crippen LogP contribution in [0.2, 0.25) is 0 Å². The van der Waals surface area contributed by atoms with E-state index in [0.717, 1.165) is 25.7 Å². The predicted molar refractivity (Wildman–Crippen MR) is 230 cm³/mol. The molecule has 312 valence electrons. The first-order chi connectivity index (χ1) is 25.7. The molecule has 0 aromatic rings. The molecule has 0 radical (unpaired) electrons. The second kappa shape index (κ2) is 44.8. The number of hydrogen-bond acceptors (Lipinski definition) is 3. The van der Waals surface area contributed by atoms with E-state index in [0.29, 0.717) is 12.8 Å². The minimum Gasteiger partial charge on any atom is -0.394 e. The van der Waals surface area contributed by atoms with Gasteiger partial charge < -0.3 is 15.5 Å². The largest absolute Gasteiger partial charge is 0.394 e. The summed E-state index contributed by atoms with van der Waals surface area (Å²) in [6.07, 6.45) is 54.9. The first kappa shape index (κ1) is 51.4. The standard InChI is InChI=1S/C48H97NO3/c1-3-5-7-9-11-13-15-17-19-20-21-22-23-24-25-26-27-28-29-30-32-34-36-38-40-42-44-48(52)49-46(45-50)47(51)43-41-39-37-35-33-31-18-16-14-12-10-8-6-4-2/h46-47,50-51H,3-45H2,1-2H3,(H,49,52).